The van der Waals surface area contributed by atoms with Crippen LogP contribution in [0.5, 0.6) is 5.75 Å². The number of phenolic OH excluding ortho intramolecular Hbond substituents is 1. The zero-order chi connectivity index (χ0) is 21.9. The molecule has 0 saturated heterocycles. The fraction of sp³-hybridized carbons (Fsp3) is 0.444. The van der Waals surface area contributed by atoms with Gasteiger partial charge in [-0.1, -0.05) is 68.4 Å². The van der Waals surface area contributed by atoms with Crippen LogP contribution in [-0.4, -0.2) is 11.0 Å². The topological polar surface area (TPSA) is 49.3 Å². The predicted molar refractivity (Wildman–Crippen MR) is 130 cm³/mol. The Morgan fingerprint density at radius 1 is 0.867 bits per heavy atom. The molecule has 164 valence electrons. The first-order valence-electron chi connectivity index (χ1n) is 11.3. The lowest BCUT2D eigenvalue weighted by atomic mass is 10.2. The number of phenols is 1. The molecule has 0 spiro atoms. The van der Waals surface area contributed by atoms with Gasteiger partial charge < -0.3 is 10.4 Å². The molecule has 0 aliphatic heterocycles. The summed E-state index contributed by atoms with van der Waals surface area (Å²) in [7, 11) is 0. The van der Waals surface area contributed by atoms with E-state index in [0.717, 1.165) is 43.4 Å². The number of rotatable bonds is 15. The number of allylic oxidation sites excluding steroid dienone is 8. The highest BCUT2D eigenvalue weighted by Crippen LogP contribution is 2.20. The van der Waals surface area contributed by atoms with E-state index in [1.807, 2.05) is 6.92 Å². The van der Waals surface area contributed by atoms with Gasteiger partial charge >= 0.3 is 0 Å². The first-order chi connectivity index (χ1) is 14.6. The first-order valence-corrected chi connectivity index (χ1v) is 11.3. The van der Waals surface area contributed by atoms with Gasteiger partial charge in [0.1, 0.15) is 5.75 Å². The summed E-state index contributed by atoms with van der Waals surface area (Å²) in [5.74, 6) is 0.254. The summed E-state index contributed by atoms with van der Waals surface area (Å²) in [4.78, 5) is 11.9. The Hall–Kier alpha value is -2.55. The Kier molecular flexibility index (Phi) is 14.7. The van der Waals surface area contributed by atoms with Gasteiger partial charge in [0.15, 0.2) is 0 Å². The molecule has 0 bridgehead atoms. The molecule has 3 heteroatoms. The number of carbonyl (C=O) groups is 1. The van der Waals surface area contributed by atoms with Gasteiger partial charge in [0.2, 0.25) is 5.91 Å². The van der Waals surface area contributed by atoms with Gasteiger partial charge in [0.25, 0.3) is 0 Å². The minimum absolute atomic E-state index is 0.0102. The van der Waals surface area contributed by atoms with Crippen LogP contribution in [0.25, 0.3) is 0 Å². The van der Waals surface area contributed by atoms with E-state index >= 15 is 0 Å². The molecule has 1 amide bonds. The molecule has 0 fully saturated rings. The SMILES string of the molecule is CCCCC/C=C\C/C=C\C/C=C\C/C=C\CCCC(=O)Nc1ccc(O)c(C)c1. The van der Waals surface area contributed by atoms with Crippen molar-refractivity contribution in [1.82, 2.24) is 0 Å². The van der Waals surface area contributed by atoms with Gasteiger partial charge in [0, 0.05) is 12.1 Å². The van der Waals surface area contributed by atoms with Crippen LogP contribution < -0.4 is 5.32 Å². The summed E-state index contributed by atoms with van der Waals surface area (Å²) in [5.41, 5.74) is 1.49. The minimum Gasteiger partial charge on any atom is -0.508 e. The highest BCUT2D eigenvalue weighted by atomic mass is 16.3. The van der Waals surface area contributed by atoms with E-state index in [1.165, 1.54) is 25.7 Å². The second-order valence-electron chi connectivity index (χ2n) is 7.53. The van der Waals surface area contributed by atoms with E-state index in [4.69, 9.17) is 0 Å². The van der Waals surface area contributed by atoms with Crippen LogP contribution in [0.2, 0.25) is 0 Å². The third kappa shape index (κ3) is 13.6. The molecule has 3 nitrogen and oxygen atoms in total. The quantitative estimate of drug-likeness (QED) is 0.176. The molecule has 0 aliphatic carbocycles. The highest BCUT2D eigenvalue weighted by Gasteiger charge is 2.03. The summed E-state index contributed by atoms with van der Waals surface area (Å²) in [6.45, 7) is 4.05. The summed E-state index contributed by atoms with van der Waals surface area (Å²) in [6.07, 6.45) is 28.0. The normalized spacial score (nSPS) is 12.1. The number of anilines is 1. The van der Waals surface area contributed by atoms with Crippen LogP contribution >= 0.6 is 0 Å². The molecular weight excluding hydrogens is 370 g/mol. The van der Waals surface area contributed by atoms with Crippen LogP contribution in [-0.2, 0) is 4.79 Å². The lowest BCUT2D eigenvalue weighted by Crippen LogP contribution is -2.10. The second kappa shape index (κ2) is 17.3. The van der Waals surface area contributed by atoms with Crippen LogP contribution in [0.15, 0.2) is 66.8 Å². The molecule has 0 saturated carbocycles. The van der Waals surface area contributed by atoms with Crippen molar-refractivity contribution in [3.05, 3.63) is 72.4 Å². The molecule has 2 N–H and O–H groups in total. The van der Waals surface area contributed by atoms with Gasteiger partial charge in [-0.05, 0) is 75.6 Å². The molecule has 1 aromatic carbocycles. The average molecular weight is 410 g/mol. The summed E-state index contributed by atoms with van der Waals surface area (Å²) in [5, 5.41) is 12.4. The number of hydrogen-bond acceptors (Lipinski definition) is 2. The molecule has 0 radical (unpaired) electrons. The van der Waals surface area contributed by atoms with Gasteiger partial charge in [-0.25, -0.2) is 0 Å². The van der Waals surface area contributed by atoms with Crippen LogP contribution in [0.3, 0.4) is 0 Å². The largest absolute Gasteiger partial charge is 0.508 e. The number of nitrogens with one attached hydrogen (secondary N) is 1. The van der Waals surface area contributed by atoms with Gasteiger partial charge in [-0.3, -0.25) is 4.79 Å². The fourth-order valence-electron chi connectivity index (χ4n) is 2.90. The van der Waals surface area contributed by atoms with E-state index in [2.05, 4.69) is 60.8 Å². The fourth-order valence-corrected chi connectivity index (χ4v) is 2.90. The average Bonchev–Trinajstić information content (AvgIpc) is 2.73. The number of aromatic hydroxyl groups is 1. The van der Waals surface area contributed by atoms with Crippen LogP contribution in [0.1, 0.15) is 76.7 Å². The Morgan fingerprint density at radius 3 is 2.00 bits per heavy atom. The Morgan fingerprint density at radius 2 is 1.43 bits per heavy atom. The maximum absolute atomic E-state index is 11.9. The number of unbranched alkanes of at least 4 members (excludes halogenated alkanes) is 4. The zero-order valence-corrected chi connectivity index (χ0v) is 18.8. The van der Waals surface area contributed by atoms with Crippen molar-refractivity contribution in [2.24, 2.45) is 0 Å². The minimum atomic E-state index is 0.0102. The van der Waals surface area contributed by atoms with Crippen molar-refractivity contribution in [3.8, 4) is 5.75 Å². The Labute approximate surface area is 183 Å². The standard InChI is InChI=1S/C27H39NO2/c1-3-4-5-6-7-8-9-10-11-12-13-14-15-16-17-18-19-20-27(30)28-25-21-22-26(29)24(2)23-25/h7-8,10-11,13-14,16-17,21-23,29H,3-6,9,12,15,18-20H2,1-2H3,(H,28,30)/b8-7-,11-10-,14-13-,17-16-. The molecular formula is C27H39NO2. The number of amides is 1. The van der Waals surface area contributed by atoms with Gasteiger partial charge in [-0.15, -0.1) is 0 Å². The molecule has 1 rings (SSSR count). The van der Waals surface area contributed by atoms with Crippen molar-refractivity contribution in [1.29, 1.82) is 0 Å². The van der Waals surface area contributed by atoms with Crippen LogP contribution in [0.4, 0.5) is 5.69 Å². The molecule has 0 atom stereocenters. The van der Waals surface area contributed by atoms with Crippen molar-refractivity contribution >= 4 is 11.6 Å². The Bertz CT molecular complexity index is 714. The number of hydrogen-bond donors (Lipinski definition) is 2. The lowest BCUT2D eigenvalue weighted by Gasteiger charge is -2.06. The third-order valence-electron chi connectivity index (χ3n) is 4.71. The molecule has 0 heterocycles. The number of carbonyl (C=O) groups excluding carboxylic acids is 1. The molecule has 0 unspecified atom stereocenters. The zero-order valence-electron chi connectivity index (χ0n) is 18.8. The van der Waals surface area contributed by atoms with Crippen molar-refractivity contribution in [3.63, 3.8) is 0 Å². The monoisotopic (exact) mass is 409 g/mol. The summed E-state index contributed by atoms with van der Waals surface area (Å²) < 4.78 is 0. The third-order valence-corrected chi connectivity index (χ3v) is 4.71. The number of benzene rings is 1. The summed E-state index contributed by atoms with van der Waals surface area (Å²) in [6, 6.07) is 5.09. The highest BCUT2D eigenvalue weighted by molar-refractivity contribution is 5.90. The van der Waals surface area contributed by atoms with E-state index in [1.54, 1.807) is 18.2 Å². The van der Waals surface area contributed by atoms with E-state index in [-0.39, 0.29) is 11.7 Å². The maximum atomic E-state index is 11.9. The molecule has 1 aromatic rings. The maximum Gasteiger partial charge on any atom is 0.224 e. The van der Waals surface area contributed by atoms with Crippen molar-refractivity contribution in [2.75, 3.05) is 5.32 Å². The first kappa shape index (κ1) is 25.5. The van der Waals surface area contributed by atoms with E-state index in [0.29, 0.717) is 6.42 Å². The molecule has 30 heavy (non-hydrogen) atoms. The summed E-state index contributed by atoms with van der Waals surface area (Å²) >= 11 is 0. The number of aryl methyl sites for hydroxylation is 1. The van der Waals surface area contributed by atoms with Crippen molar-refractivity contribution < 1.29 is 9.90 Å². The Balaban J connectivity index is 2.02. The van der Waals surface area contributed by atoms with Gasteiger partial charge in [-0.2, -0.15) is 0 Å². The van der Waals surface area contributed by atoms with Crippen LogP contribution in [0, 0.1) is 6.92 Å². The molecule has 0 aliphatic rings. The van der Waals surface area contributed by atoms with Crippen molar-refractivity contribution in [2.45, 2.75) is 78.1 Å². The second-order valence-corrected chi connectivity index (χ2v) is 7.53. The molecule has 0 aromatic heterocycles. The van der Waals surface area contributed by atoms with Gasteiger partial charge in [0.05, 0.1) is 0 Å². The smallest absolute Gasteiger partial charge is 0.224 e. The lowest BCUT2D eigenvalue weighted by molar-refractivity contribution is -0.116. The van der Waals surface area contributed by atoms with E-state index in [9.17, 15) is 9.90 Å². The predicted octanol–water partition coefficient (Wildman–Crippen LogP) is 7.78. The van der Waals surface area contributed by atoms with E-state index < -0.39 is 0 Å².